The molecule has 38 heavy (non-hydrogen) atoms. The molecule has 2 amide bonds. The van der Waals surface area contributed by atoms with Crippen molar-refractivity contribution in [2.24, 2.45) is 0 Å². The molecule has 3 aromatic rings. The molecule has 1 atom stereocenters. The number of amides is 2. The van der Waals surface area contributed by atoms with Crippen molar-refractivity contribution in [2.45, 2.75) is 38.8 Å². The molecule has 1 saturated heterocycles. The van der Waals surface area contributed by atoms with Crippen LogP contribution in [0.25, 0.3) is 5.57 Å². The fourth-order valence-corrected chi connectivity index (χ4v) is 4.98. The van der Waals surface area contributed by atoms with Crippen LogP contribution in [0.5, 0.6) is 5.75 Å². The quantitative estimate of drug-likeness (QED) is 0.345. The molecular weight excluding hydrogens is 476 g/mol. The van der Waals surface area contributed by atoms with Gasteiger partial charge in [0, 0.05) is 35.2 Å². The molecule has 0 spiro atoms. The van der Waals surface area contributed by atoms with Crippen molar-refractivity contribution in [2.75, 3.05) is 30.8 Å². The SMILES string of the molecule is COc1cccc([C@@H](C)NC(=O)c2ccc3c(c2)/C(=C/Nc2ccc(CN4CCCCC4)cc2)C(=O)N3)c1. The number of rotatable bonds is 8. The first-order valence-electron chi connectivity index (χ1n) is 13.2. The van der Waals surface area contributed by atoms with E-state index < -0.39 is 0 Å². The maximum Gasteiger partial charge on any atom is 0.257 e. The molecule has 3 aromatic carbocycles. The highest BCUT2D eigenvalue weighted by molar-refractivity contribution is 6.32. The van der Waals surface area contributed by atoms with Crippen LogP contribution in [0.2, 0.25) is 0 Å². The van der Waals surface area contributed by atoms with Crippen LogP contribution in [0, 0.1) is 0 Å². The van der Waals surface area contributed by atoms with Gasteiger partial charge in [0.25, 0.3) is 11.8 Å². The molecule has 0 aromatic heterocycles. The Morgan fingerprint density at radius 2 is 1.84 bits per heavy atom. The number of hydrogen-bond donors (Lipinski definition) is 3. The Bertz CT molecular complexity index is 1340. The lowest BCUT2D eigenvalue weighted by Gasteiger charge is -2.26. The molecule has 7 nitrogen and oxygen atoms in total. The van der Waals surface area contributed by atoms with E-state index in [4.69, 9.17) is 4.74 Å². The van der Waals surface area contributed by atoms with Gasteiger partial charge in [-0.2, -0.15) is 0 Å². The van der Waals surface area contributed by atoms with Gasteiger partial charge in [-0.3, -0.25) is 14.5 Å². The zero-order chi connectivity index (χ0) is 26.5. The van der Waals surface area contributed by atoms with Gasteiger partial charge in [0.2, 0.25) is 0 Å². The van der Waals surface area contributed by atoms with Crippen molar-refractivity contribution in [3.63, 3.8) is 0 Å². The first-order chi connectivity index (χ1) is 18.5. The van der Waals surface area contributed by atoms with Gasteiger partial charge in [0.1, 0.15) is 5.75 Å². The summed E-state index contributed by atoms with van der Waals surface area (Å²) in [6, 6.07) is 21.0. The van der Waals surface area contributed by atoms with Gasteiger partial charge >= 0.3 is 0 Å². The number of benzene rings is 3. The van der Waals surface area contributed by atoms with Crippen LogP contribution in [0.15, 0.2) is 72.9 Å². The Hall–Kier alpha value is -4.10. The molecule has 0 bridgehead atoms. The number of carbonyl (C=O) groups excluding carboxylic acids is 2. The molecule has 0 saturated carbocycles. The van der Waals surface area contributed by atoms with Gasteiger partial charge in [-0.05, 0) is 86.4 Å². The lowest BCUT2D eigenvalue weighted by atomic mass is 10.0. The molecule has 7 heteroatoms. The molecule has 1 fully saturated rings. The van der Waals surface area contributed by atoms with Crippen LogP contribution < -0.4 is 20.7 Å². The largest absolute Gasteiger partial charge is 0.497 e. The zero-order valence-electron chi connectivity index (χ0n) is 21.9. The molecule has 2 heterocycles. The van der Waals surface area contributed by atoms with Gasteiger partial charge in [-0.1, -0.05) is 30.7 Å². The summed E-state index contributed by atoms with van der Waals surface area (Å²) < 4.78 is 5.29. The Kier molecular flexibility index (Phi) is 7.75. The van der Waals surface area contributed by atoms with Gasteiger partial charge < -0.3 is 20.7 Å². The lowest BCUT2D eigenvalue weighted by molar-refractivity contribution is -0.110. The maximum absolute atomic E-state index is 13.0. The number of anilines is 2. The van der Waals surface area contributed by atoms with Gasteiger partial charge in [-0.25, -0.2) is 0 Å². The number of ether oxygens (including phenoxy) is 1. The smallest absolute Gasteiger partial charge is 0.257 e. The fraction of sp³-hybridized carbons (Fsp3) is 0.290. The number of methoxy groups -OCH3 is 1. The second-order valence-electron chi connectivity index (χ2n) is 9.92. The minimum Gasteiger partial charge on any atom is -0.497 e. The number of carbonyl (C=O) groups is 2. The minimum absolute atomic E-state index is 0.198. The number of likely N-dealkylation sites (tertiary alicyclic amines) is 1. The maximum atomic E-state index is 13.0. The molecule has 2 aliphatic heterocycles. The second-order valence-corrected chi connectivity index (χ2v) is 9.92. The van der Waals surface area contributed by atoms with E-state index in [0.717, 1.165) is 23.5 Å². The van der Waals surface area contributed by atoms with E-state index in [2.05, 4.69) is 33.0 Å². The van der Waals surface area contributed by atoms with E-state index in [1.165, 1.54) is 37.9 Å². The highest BCUT2D eigenvalue weighted by atomic mass is 16.5. The third-order valence-corrected chi connectivity index (χ3v) is 7.20. The van der Waals surface area contributed by atoms with E-state index in [1.807, 2.05) is 43.3 Å². The van der Waals surface area contributed by atoms with E-state index >= 15 is 0 Å². The average molecular weight is 511 g/mol. The number of nitrogens with zero attached hydrogens (tertiary/aromatic N) is 1. The lowest BCUT2D eigenvalue weighted by Crippen LogP contribution is -2.29. The average Bonchev–Trinajstić information content (AvgIpc) is 3.27. The summed E-state index contributed by atoms with van der Waals surface area (Å²) in [5.41, 5.74) is 5.51. The Morgan fingerprint density at radius 3 is 2.61 bits per heavy atom. The van der Waals surface area contributed by atoms with E-state index in [9.17, 15) is 9.59 Å². The first-order valence-corrected chi connectivity index (χ1v) is 13.2. The number of fused-ring (bicyclic) bond motifs is 1. The van der Waals surface area contributed by atoms with Gasteiger partial charge in [0.15, 0.2) is 0 Å². The topological polar surface area (TPSA) is 82.7 Å². The van der Waals surface area contributed by atoms with Crippen molar-refractivity contribution in [3.05, 3.63) is 95.2 Å². The van der Waals surface area contributed by atoms with E-state index in [1.54, 1.807) is 31.5 Å². The molecule has 5 rings (SSSR count). The van der Waals surface area contributed by atoms with Crippen molar-refractivity contribution in [1.29, 1.82) is 0 Å². The fourth-order valence-electron chi connectivity index (χ4n) is 4.98. The van der Waals surface area contributed by atoms with Crippen LogP contribution in [-0.4, -0.2) is 36.9 Å². The third-order valence-electron chi connectivity index (χ3n) is 7.20. The highest BCUT2D eigenvalue weighted by Crippen LogP contribution is 2.33. The third kappa shape index (κ3) is 5.89. The Morgan fingerprint density at radius 1 is 1.05 bits per heavy atom. The highest BCUT2D eigenvalue weighted by Gasteiger charge is 2.25. The molecule has 0 aliphatic carbocycles. The van der Waals surface area contributed by atoms with Gasteiger partial charge in [-0.15, -0.1) is 0 Å². The van der Waals surface area contributed by atoms with Crippen LogP contribution in [0.3, 0.4) is 0 Å². The molecular formula is C31H34N4O3. The zero-order valence-corrected chi connectivity index (χ0v) is 21.9. The minimum atomic E-state index is -0.209. The Labute approximate surface area is 223 Å². The standard InChI is InChI=1S/C31H34N4O3/c1-21(23-7-6-8-26(17-23)38-2)33-30(36)24-11-14-29-27(18-24)28(31(37)34-29)19-32-25-12-9-22(10-13-25)20-35-15-4-3-5-16-35/h6-14,17-19,21,32H,3-5,15-16,20H2,1-2H3,(H,33,36)(H,34,37)/b28-19-/t21-/m1/s1. The second kappa shape index (κ2) is 11.5. The summed E-state index contributed by atoms with van der Waals surface area (Å²) in [5, 5.41) is 9.17. The predicted molar refractivity (Wildman–Crippen MR) is 151 cm³/mol. The molecule has 2 aliphatic rings. The van der Waals surface area contributed by atoms with Crippen LogP contribution >= 0.6 is 0 Å². The molecule has 3 N–H and O–H groups in total. The van der Waals surface area contributed by atoms with Crippen molar-refractivity contribution in [3.8, 4) is 5.75 Å². The number of piperidine rings is 1. The van der Waals surface area contributed by atoms with Crippen molar-refractivity contribution in [1.82, 2.24) is 10.2 Å². The summed E-state index contributed by atoms with van der Waals surface area (Å²) in [6.45, 7) is 5.23. The summed E-state index contributed by atoms with van der Waals surface area (Å²) in [6.07, 6.45) is 5.60. The normalized spacial score (nSPS) is 17.0. The van der Waals surface area contributed by atoms with Crippen LogP contribution in [0.1, 0.15) is 59.3 Å². The first kappa shape index (κ1) is 25.5. The summed E-state index contributed by atoms with van der Waals surface area (Å²) >= 11 is 0. The number of nitrogens with one attached hydrogen (secondary N) is 3. The predicted octanol–water partition coefficient (Wildman–Crippen LogP) is 5.58. The van der Waals surface area contributed by atoms with E-state index in [-0.39, 0.29) is 17.9 Å². The molecule has 0 unspecified atom stereocenters. The summed E-state index contributed by atoms with van der Waals surface area (Å²) in [7, 11) is 1.62. The van der Waals surface area contributed by atoms with E-state index in [0.29, 0.717) is 22.4 Å². The Balaban J connectivity index is 1.26. The van der Waals surface area contributed by atoms with Crippen molar-refractivity contribution >= 4 is 28.8 Å². The van der Waals surface area contributed by atoms with Crippen molar-refractivity contribution < 1.29 is 14.3 Å². The summed E-state index contributed by atoms with van der Waals surface area (Å²) in [4.78, 5) is 28.2. The monoisotopic (exact) mass is 510 g/mol. The molecule has 196 valence electrons. The summed E-state index contributed by atoms with van der Waals surface area (Å²) in [5.74, 6) is 0.334. The van der Waals surface area contributed by atoms with Crippen LogP contribution in [-0.2, 0) is 11.3 Å². The number of hydrogen-bond acceptors (Lipinski definition) is 5. The molecule has 0 radical (unpaired) electrons. The van der Waals surface area contributed by atoms with Gasteiger partial charge in [0.05, 0.1) is 18.7 Å². The van der Waals surface area contributed by atoms with Crippen LogP contribution in [0.4, 0.5) is 11.4 Å².